The number of guanidine groups is 1. The minimum atomic E-state index is -1.74. The lowest BCUT2D eigenvalue weighted by molar-refractivity contribution is -0.139. The summed E-state index contributed by atoms with van der Waals surface area (Å²) in [6.07, 6.45) is -0.322. The van der Waals surface area contributed by atoms with Crippen LogP contribution in [0.3, 0.4) is 0 Å². The summed E-state index contributed by atoms with van der Waals surface area (Å²) in [4.78, 5) is 151. The van der Waals surface area contributed by atoms with Crippen LogP contribution in [0.5, 0.6) is 0 Å². The van der Waals surface area contributed by atoms with Crippen LogP contribution in [0, 0.1) is 5.92 Å². The van der Waals surface area contributed by atoms with E-state index in [0.29, 0.717) is 12.8 Å². The third-order valence-electron chi connectivity index (χ3n) is 11.5. The minimum Gasteiger partial charge on any atom is -0.370 e. The number of hydrogen-bond acceptors (Lipinski definition) is 14. The molecule has 25 nitrogen and oxygen atoms in total. The fraction of sp³-hybridized carbons (Fsp3) is 0.581. The van der Waals surface area contributed by atoms with Crippen LogP contribution in [0.1, 0.15) is 76.3 Å². The average molecular weight is 1020 g/mol. The summed E-state index contributed by atoms with van der Waals surface area (Å²) in [5, 5.41) is 18.1. The summed E-state index contributed by atoms with van der Waals surface area (Å²) in [5.74, 6) is -9.94. The molecule has 7 atom stereocenters. The second kappa shape index (κ2) is 28.1. The number of primary amides is 3. The number of nitrogens with two attached hydrogens (primary N) is 5. The highest BCUT2D eigenvalue weighted by Gasteiger charge is 2.45. The molecule has 11 amide bonds. The van der Waals surface area contributed by atoms with Gasteiger partial charge in [-0.15, -0.1) is 0 Å². The van der Waals surface area contributed by atoms with Crippen LogP contribution in [0.25, 0.3) is 0 Å². The second-order valence-electron chi connectivity index (χ2n) is 17.1. The van der Waals surface area contributed by atoms with E-state index in [-0.39, 0.29) is 62.5 Å². The van der Waals surface area contributed by atoms with E-state index < -0.39 is 133 Å². The summed E-state index contributed by atoms with van der Waals surface area (Å²) in [6, 6.07) is 0.237. The second-order valence-corrected chi connectivity index (χ2v) is 19.7. The summed E-state index contributed by atoms with van der Waals surface area (Å²) < 4.78 is 0. The van der Waals surface area contributed by atoms with E-state index in [4.69, 9.17) is 28.7 Å². The first kappa shape index (κ1) is 57.7. The summed E-state index contributed by atoms with van der Waals surface area (Å²) in [6.45, 7) is 2.41. The van der Waals surface area contributed by atoms with Crippen LogP contribution >= 0.6 is 21.6 Å². The van der Waals surface area contributed by atoms with Gasteiger partial charge in [0, 0.05) is 44.4 Å². The van der Waals surface area contributed by atoms with Crippen LogP contribution in [0.2, 0.25) is 0 Å². The first-order chi connectivity index (χ1) is 33.0. The van der Waals surface area contributed by atoms with Crippen LogP contribution in [-0.2, 0) is 65.6 Å². The molecule has 1 spiro atoms. The van der Waals surface area contributed by atoms with E-state index in [1.54, 1.807) is 13.8 Å². The molecular formula is C43H66N14O11S2. The van der Waals surface area contributed by atoms with Crippen LogP contribution in [0.15, 0.2) is 29.3 Å². The molecular weight excluding hydrogens is 953 g/mol. The van der Waals surface area contributed by atoms with Crippen molar-refractivity contribution >= 4 is 92.5 Å². The van der Waals surface area contributed by atoms with Crippen molar-refractivity contribution in [1.82, 2.24) is 42.1 Å². The predicted molar refractivity (Wildman–Crippen MR) is 260 cm³/mol. The Bertz CT molecular complexity index is 2140. The number of nitrogens with one attached hydrogen (secondary N) is 7. The zero-order chi connectivity index (χ0) is 52.1. The van der Waals surface area contributed by atoms with Gasteiger partial charge < -0.3 is 70.8 Å². The predicted octanol–water partition coefficient (Wildman–Crippen LogP) is -4.46. The lowest BCUT2D eigenvalue weighted by Gasteiger charge is -2.39. The van der Waals surface area contributed by atoms with Crippen molar-refractivity contribution in [3.63, 3.8) is 0 Å². The zero-order valence-electron chi connectivity index (χ0n) is 39.5. The van der Waals surface area contributed by atoms with Gasteiger partial charge in [-0.2, -0.15) is 0 Å². The van der Waals surface area contributed by atoms with Gasteiger partial charge in [0.2, 0.25) is 65.0 Å². The Labute approximate surface area is 413 Å². The van der Waals surface area contributed by atoms with E-state index in [1.807, 2.05) is 24.3 Å². The molecule has 1 aromatic carbocycles. The van der Waals surface area contributed by atoms with Crippen LogP contribution in [-0.4, -0.2) is 150 Å². The highest BCUT2D eigenvalue weighted by molar-refractivity contribution is 8.76. The van der Waals surface area contributed by atoms with Gasteiger partial charge in [-0.25, -0.2) is 0 Å². The Morgan fingerprint density at radius 1 is 0.857 bits per heavy atom. The molecule has 1 aliphatic carbocycles. The number of aliphatic imine (C=N–C) groups is 1. The molecule has 1 saturated heterocycles. The van der Waals surface area contributed by atoms with E-state index in [0.717, 1.165) is 37.6 Å². The highest BCUT2D eigenvalue weighted by atomic mass is 33.1. The largest absolute Gasteiger partial charge is 0.370 e. The molecule has 1 aliphatic heterocycles. The normalized spacial score (nSPS) is 22.4. The number of benzene rings is 1. The monoisotopic (exact) mass is 1020 g/mol. The number of carbonyl (C=O) groups excluding carboxylic acids is 11. The Kier molecular flexibility index (Phi) is 23.2. The number of fused-ring (bicyclic) bond motifs is 1. The standard InChI is InChI=1S/C43H66N14O11S2/c1-4-23(2)35-39(66)52-27(11-12-30(44)58)37(64)53-28(18-31(45)59)38(65)54-29(40(67)57(3)21-34(62)51-26(10-7-16-49-42(47)48)36(63)50-20-32(46)60)22-70-69-17-14-33(61)56-43(41(68)55-35)15-13-24-8-5-6-9-25(24)19-43/h5-6,8-9,23,26-29,35H,4,7,10-22H2,1-3H3,(H2,44,58)(H2,45,59)(H2,46,60)(H,50,63)(H,51,62)(H,52,66)(H,53,64)(H,54,65)(H,55,68)(H,56,61)(H4,47,48,49)/t23-,26-,27-,28+,29+,35+,43-/m0/s1. The molecule has 0 unspecified atom stereocenters. The van der Waals surface area contributed by atoms with Crippen molar-refractivity contribution in [3.8, 4) is 0 Å². The van der Waals surface area contributed by atoms with Gasteiger partial charge in [-0.1, -0.05) is 66.1 Å². The molecule has 17 N–H and O–H groups in total. The Hall–Kier alpha value is -6.64. The average Bonchev–Trinajstić information content (AvgIpc) is 3.29. The molecule has 0 bridgehead atoms. The molecule has 3 rings (SSSR count). The minimum absolute atomic E-state index is 0.00989. The van der Waals surface area contributed by atoms with E-state index in [2.05, 4.69) is 42.2 Å². The number of hydrogen-bond donors (Lipinski definition) is 12. The van der Waals surface area contributed by atoms with E-state index in [1.165, 1.54) is 7.05 Å². The van der Waals surface area contributed by atoms with Crippen molar-refractivity contribution in [2.45, 2.75) is 114 Å². The van der Waals surface area contributed by atoms with Crippen molar-refractivity contribution < 1.29 is 52.7 Å². The third-order valence-corrected chi connectivity index (χ3v) is 13.9. The van der Waals surface area contributed by atoms with Crippen molar-refractivity contribution in [1.29, 1.82) is 0 Å². The Balaban J connectivity index is 1.99. The molecule has 0 aromatic heterocycles. The quantitative estimate of drug-likeness (QED) is 0.0286. The van der Waals surface area contributed by atoms with Gasteiger partial charge >= 0.3 is 0 Å². The smallest absolute Gasteiger partial charge is 0.246 e. The first-order valence-electron chi connectivity index (χ1n) is 22.6. The number of rotatable bonds is 18. The van der Waals surface area contributed by atoms with Gasteiger partial charge in [0.1, 0.15) is 35.7 Å². The fourth-order valence-corrected chi connectivity index (χ4v) is 9.67. The van der Waals surface area contributed by atoms with Crippen LogP contribution in [0.4, 0.5) is 0 Å². The molecule has 1 fully saturated rings. The van der Waals surface area contributed by atoms with Gasteiger partial charge in [0.15, 0.2) is 5.96 Å². The number of likely N-dealkylation sites (N-methyl/N-ethyl adjacent to an activating group) is 1. The maximum atomic E-state index is 14.5. The summed E-state index contributed by atoms with van der Waals surface area (Å²) in [5.41, 5.74) is 27.2. The lowest BCUT2D eigenvalue weighted by Crippen LogP contribution is -2.65. The molecule has 0 saturated carbocycles. The highest BCUT2D eigenvalue weighted by Crippen LogP contribution is 2.31. The van der Waals surface area contributed by atoms with Crippen molar-refractivity contribution in [3.05, 3.63) is 35.4 Å². The van der Waals surface area contributed by atoms with Gasteiger partial charge in [0.25, 0.3) is 0 Å². The van der Waals surface area contributed by atoms with Gasteiger partial charge in [0.05, 0.1) is 19.5 Å². The molecule has 386 valence electrons. The van der Waals surface area contributed by atoms with Crippen LogP contribution < -0.4 is 65.9 Å². The number of aryl methyl sites for hydroxylation is 1. The SMILES string of the molecule is CC[C@H](C)[C@H]1NC(=O)[C@@]2(CCc3ccccc3C2)NC(=O)CCSSC[C@H](C(=O)N(C)CC(=O)N[C@@H](CCCN=C(N)N)C(=O)NCC(N)=O)NC(=O)[C@@H](CC(N)=O)NC(=O)[C@H](CCC(N)=O)NC1=O. The van der Waals surface area contributed by atoms with Gasteiger partial charge in [-0.3, -0.25) is 57.7 Å². The van der Waals surface area contributed by atoms with E-state index in [9.17, 15) is 52.7 Å². The molecule has 1 heterocycles. The maximum absolute atomic E-state index is 14.5. The molecule has 2 aliphatic rings. The van der Waals surface area contributed by atoms with Gasteiger partial charge in [-0.05, 0) is 49.1 Å². The Morgan fingerprint density at radius 2 is 1.53 bits per heavy atom. The Morgan fingerprint density at radius 3 is 2.17 bits per heavy atom. The molecule has 0 radical (unpaired) electrons. The number of amides is 11. The summed E-state index contributed by atoms with van der Waals surface area (Å²) in [7, 11) is 3.46. The zero-order valence-corrected chi connectivity index (χ0v) is 41.1. The number of nitrogens with zero attached hydrogens (tertiary/aromatic N) is 2. The van der Waals surface area contributed by atoms with Crippen molar-refractivity contribution in [2.75, 3.05) is 38.2 Å². The lowest BCUT2D eigenvalue weighted by atomic mass is 9.76. The van der Waals surface area contributed by atoms with E-state index >= 15 is 0 Å². The number of carbonyl (C=O) groups is 11. The topological polar surface area (TPSA) is 418 Å². The summed E-state index contributed by atoms with van der Waals surface area (Å²) >= 11 is 0. The molecule has 70 heavy (non-hydrogen) atoms. The fourth-order valence-electron chi connectivity index (χ4n) is 7.53. The molecule has 27 heteroatoms. The third kappa shape index (κ3) is 18.7. The van der Waals surface area contributed by atoms with Crippen molar-refractivity contribution in [2.24, 2.45) is 39.6 Å². The molecule has 1 aromatic rings. The maximum Gasteiger partial charge on any atom is 0.246 e. The first-order valence-corrected chi connectivity index (χ1v) is 25.1.